The first kappa shape index (κ1) is 16.3. The van der Waals surface area contributed by atoms with Crippen molar-refractivity contribution in [3.63, 3.8) is 0 Å². The van der Waals surface area contributed by atoms with E-state index in [1.54, 1.807) is 6.92 Å². The standard InChI is InChI=1S/C13H17F3N2O2/c1-4-18(3)9(2)12(19)17-10-5-7-11(8-6-10)20-13(14,15)16/h5-9H,4H2,1-3H3,(H,17,19). The molecule has 0 aliphatic carbocycles. The van der Waals surface area contributed by atoms with E-state index in [0.717, 1.165) is 12.1 Å². The fourth-order valence-electron chi connectivity index (χ4n) is 1.46. The van der Waals surface area contributed by atoms with Gasteiger partial charge in [0.05, 0.1) is 6.04 Å². The third kappa shape index (κ3) is 5.08. The molecule has 1 atom stereocenters. The Morgan fingerprint density at radius 1 is 1.35 bits per heavy atom. The number of ether oxygens (including phenoxy) is 1. The number of halogens is 3. The van der Waals surface area contributed by atoms with Gasteiger partial charge >= 0.3 is 6.36 Å². The number of benzene rings is 1. The summed E-state index contributed by atoms with van der Waals surface area (Å²) in [7, 11) is 1.81. The van der Waals surface area contributed by atoms with Crippen molar-refractivity contribution in [3.05, 3.63) is 24.3 Å². The van der Waals surface area contributed by atoms with Crippen molar-refractivity contribution in [1.29, 1.82) is 0 Å². The quantitative estimate of drug-likeness (QED) is 0.906. The van der Waals surface area contributed by atoms with Gasteiger partial charge in [0.15, 0.2) is 0 Å². The molecule has 0 saturated heterocycles. The lowest BCUT2D eigenvalue weighted by atomic mass is 10.2. The Hall–Kier alpha value is -1.76. The second kappa shape index (κ2) is 6.60. The van der Waals surface area contributed by atoms with Crippen LogP contribution >= 0.6 is 0 Å². The van der Waals surface area contributed by atoms with Gasteiger partial charge in [-0.15, -0.1) is 13.2 Å². The summed E-state index contributed by atoms with van der Waals surface area (Å²) in [5.41, 5.74) is 0.417. The molecule has 7 heteroatoms. The van der Waals surface area contributed by atoms with E-state index in [0.29, 0.717) is 12.2 Å². The number of hydrogen-bond acceptors (Lipinski definition) is 3. The summed E-state index contributed by atoms with van der Waals surface area (Å²) in [6, 6.07) is 4.69. The second-order valence-corrected chi connectivity index (χ2v) is 4.31. The SMILES string of the molecule is CCN(C)C(C)C(=O)Nc1ccc(OC(F)(F)F)cc1. The number of nitrogens with zero attached hydrogens (tertiary/aromatic N) is 1. The number of nitrogens with one attached hydrogen (secondary N) is 1. The Balaban J connectivity index is 2.64. The third-order valence-corrected chi connectivity index (χ3v) is 2.89. The van der Waals surface area contributed by atoms with Crippen LogP contribution in [-0.4, -0.2) is 36.8 Å². The minimum atomic E-state index is -4.72. The molecule has 0 bridgehead atoms. The van der Waals surface area contributed by atoms with Crippen molar-refractivity contribution in [3.8, 4) is 5.75 Å². The number of likely N-dealkylation sites (N-methyl/N-ethyl adjacent to an activating group) is 1. The van der Waals surface area contributed by atoms with E-state index >= 15 is 0 Å². The molecule has 1 rings (SSSR count). The van der Waals surface area contributed by atoms with Gasteiger partial charge < -0.3 is 10.1 Å². The minimum Gasteiger partial charge on any atom is -0.406 e. The molecule has 1 unspecified atom stereocenters. The molecular weight excluding hydrogens is 273 g/mol. The van der Waals surface area contributed by atoms with Gasteiger partial charge in [0.1, 0.15) is 5.75 Å². The van der Waals surface area contributed by atoms with Crippen LogP contribution in [0.1, 0.15) is 13.8 Å². The Kier molecular flexibility index (Phi) is 5.38. The van der Waals surface area contributed by atoms with Crippen molar-refractivity contribution >= 4 is 11.6 Å². The van der Waals surface area contributed by atoms with E-state index in [1.165, 1.54) is 12.1 Å². The zero-order chi connectivity index (χ0) is 15.3. The molecule has 0 fully saturated rings. The molecule has 0 aromatic heterocycles. The lowest BCUT2D eigenvalue weighted by Gasteiger charge is -2.22. The summed E-state index contributed by atoms with van der Waals surface area (Å²) in [5.74, 6) is -0.548. The van der Waals surface area contributed by atoms with Crippen LogP contribution in [-0.2, 0) is 4.79 Å². The lowest BCUT2D eigenvalue weighted by molar-refractivity contribution is -0.274. The molecule has 1 N–H and O–H groups in total. The zero-order valence-electron chi connectivity index (χ0n) is 11.5. The molecule has 4 nitrogen and oxygen atoms in total. The van der Waals surface area contributed by atoms with Gasteiger partial charge in [0.2, 0.25) is 5.91 Å². The first-order valence-electron chi connectivity index (χ1n) is 6.10. The van der Waals surface area contributed by atoms with E-state index in [4.69, 9.17) is 0 Å². The van der Waals surface area contributed by atoms with Gasteiger partial charge in [-0.3, -0.25) is 9.69 Å². The zero-order valence-corrected chi connectivity index (χ0v) is 11.5. The molecule has 0 heterocycles. The number of rotatable bonds is 5. The van der Waals surface area contributed by atoms with E-state index < -0.39 is 6.36 Å². The smallest absolute Gasteiger partial charge is 0.406 e. The van der Waals surface area contributed by atoms with Crippen LogP contribution in [0.5, 0.6) is 5.75 Å². The molecule has 1 aromatic rings. The van der Waals surface area contributed by atoms with E-state index in [1.807, 2.05) is 18.9 Å². The normalized spacial score (nSPS) is 13.2. The summed E-state index contributed by atoms with van der Waals surface area (Å²) in [4.78, 5) is 13.7. The molecule has 0 aliphatic rings. The molecule has 112 valence electrons. The largest absolute Gasteiger partial charge is 0.573 e. The highest BCUT2D eigenvalue weighted by Gasteiger charge is 2.31. The molecule has 0 radical (unpaired) electrons. The van der Waals surface area contributed by atoms with E-state index in [-0.39, 0.29) is 17.7 Å². The molecule has 20 heavy (non-hydrogen) atoms. The van der Waals surface area contributed by atoms with Crippen LogP contribution in [0.4, 0.5) is 18.9 Å². The molecular formula is C13H17F3N2O2. The summed E-state index contributed by atoms with van der Waals surface area (Å²) in [6.07, 6.45) is -4.72. The summed E-state index contributed by atoms with van der Waals surface area (Å²) in [5, 5.41) is 2.63. The van der Waals surface area contributed by atoms with Gasteiger partial charge in [0.25, 0.3) is 0 Å². The maximum atomic E-state index is 12.0. The first-order valence-corrected chi connectivity index (χ1v) is 6.10. The Morgan fingerprint density at radius 3 is 2.35 bits per heavy atom. The first-order chi connectivity index (χ1) is 9.23. The van der Waals surface area contributed by atoms with Crippen molar-refractivity contribution in [1.82, 2.24) is 4.90 Å². The van der Waals surface area contributed by atoms with Crippen LogP contribution in [0.3, 0.4) is 0 Å². The fourth-order valence-corrected chi connectivity index (χ4v) is 1.46. The topological polar surface area (TPSA) is 41.6 Å². The Bertz CT molecular complexity index is 446. The van der Waals surface area contributed by atoms with Crippen LogP contribution in [0.25, 0.3) is 0 Å². The average Bonchev–Trinajstić information content (AvgIpc) is 2.37. The minimum absolute atomic E-state index is 0.223. The summed E-state index contributed by atoms with van der Waals surface area (Å²) >= 11 is 0. The number of anilines is 1. The third-order valence-electron chi connectivity index (χ3n) is 2.89. The lowest BCUT2D eigenvalue weighted by Crippen LogP contribution is -2.39. The Morgan fingerprint density at radius 2 is 1.90 bits per heavy atom. The number of carbonyl (C=O) groups is 1. The van der Waals surface area contributed by atoms with Crippen LogP contribution in [0.15, 0.2) is 24.3 Å². The van der Waals surface area contributed by atoms with Crippen LogP contribution < -0.4 is 10.1 Å². The van der Waals surface area contributed by atoms with E-state index in [2.05, 4.69) is 10.1 Å². The van der Waals surface area contributed by atoms with Gasteiger partial charge in [-0.2, -0.15) is 0 Å². The Labute approximate surface area is 115 Å². The van der Waals surface area contributed by atoms with Crippen LogP contribution in [0, 0.1) is 0 Å². The van der Waals surface area contributed by atoms with Gasteiger partial charge in [-0.05, 0) is 44.8 Å². The number of alkyl halides is 3. The molecule has 0 spiro atoms. The highest BCUT2D eigenvalue weighted by Crippen LogP contribution is 2.24. The second-order valence-electron chi connectivity index (χ2n) is 4.31. The fraction of sp³-hybridized carbons (Fsp3) is 0.462. The molecule has 0 aliphatic heterocycles. The number of carbonyl (C=O) groups excluding carboxylic acids is 1. The van der Waals surface area contributed by atoms with Gasteiger partial charge in [0, 0.05) is 5.69 Å². The van der Waals surface area contributed by atoms with Gasteiger partial charge in [-0.25, -0.2) is 0 Å². The monoisotopic (exact) mass is 290 g/mol. The van der Waals surface area contributed by atoms with Crippen molar-refractivity contribution < 1.29 is 22.7 Å². The maximum absolute atomic E-state index is 12.0. The number of amides is 1. The average molecular weight is 290 g/mol. The van der Waals surface area contributed by atoms with Crippen LogP contribution in [0.2, 0.25) is 0 Å². The predicted octanol–water partition coefficient (Wildman–Crippen LogP) is 2.86. The summed E-state index contributed by atoms with van der Waals surface area (Å²) < 4.78 is 39.7. The molecule has 0 saturated carbocycles. The highest BCUT2D eigenvalue weighted by atomic mass is 19.4. The van der Waals surface area contributed by atoms with Crippen molar-refractivity contribution in [2.45, 2.75) is 26.3 Å². The molecule has 1 aromatic carbocycles. The summed E-state index contributed by atoms with van der Waals surface area (Å²) in [6.45, 7) is 4.39. The maximum Gasteiger partial charge on any atom is 0.573 e. The van der Waals surface area contributed by atoms with Crippen molar-refractivity contribution in [2.24, 2.45) is 0 Å². The molecule has 1 amide bonds. The highest BCUT2D eigenvalue weighted by molar-refractivity contribution is 5.94. The van der Waals surface area contributed by atoms with Crippen molar-refractivity contribution in [2.75, 3.05) is 18.9 Å². The van der Waals surface area contributed by atoms with Gasteiger partial charge in [-0.1, -0.05) is 6.92 Å². The number of hydrogen-bond donors (Lipinski definition) is 1. The predicted molar refractivity (Wildman–Crippen MR) is 69.5 cm³/mol. The van der Waals surface area contributed by atoms with E-state index in [9.17, 15) is 18.0 Å².